The highest BCUT2D eigenvalue weighted by Crippen LogP contribution is 2.29. The summed E-state index contributed by atoms with van der Waals surface area (Å²) in [6.45, 7) is 3.45. The summed E-state index contributed by atoms with van der Waals surface area (Å²) >= 11 is 18.5. The fourth-order valence-corrected chi connectivity index (χ4v) is 6.62. The smallest absolute Gasteiger partial charge is 0.264 e. The van der Waals surface area contributed by atoms with Crippen LogP contribution in [0.15, 0.2) is 102 Å². The summed E-state index contributed by atoms with van der Waals surface area (Å²) in [6.07, 6.45) is 0.144. The third-order valence-electron chi connectivity index (χ3n) is 7.09. The van der Waals surface area contributed by atoms with Crippen molar-refractivity contribution in [2.75, 3.05) is 17.4 Å². The van der Waals surface area contributed by atoms with Gasteiger partial charge >= 0.3 is 0 Å². The predicted octanol–water partition coefficient (Wildman–Crippen LogP) is 7.39. The van der Waals surface area contributed by atoms with Crippen LogP contribution in [0.1, 0.15) is 25.0 Å². The van der Waals surface area contributed by atoms with Crippen LogP contribution in [0.5, 0.6) is 0 Å². The van der Waals surface area contributed by atoms with Crippen LogP contribution in [-0.4, -0.2) is 44.3 Å². The van der Waals surface area contributed by atoms with Crippen LogP contribution in [0.3, 0.4) is 0 Å². The van der Waals surface area contributed by atoms with Gasteiger partial charge in [0.05, 0.1) is 25.7 Å². The van der Waals surface area contributed by atoms with Gasteiger partial charge in [0.25, 0.3) is 10.0 Å². The van der Waals surface area contributed by atoms with Crippen molar-refractivity contribution in [3.8, 4) is 0 Å². The number of amides is 2. The minimum absolute atomic E-state index is 0.0260. The molecule has 0 radical (unpaired) electrons. The lowest BCUT2D eigenvalue weighted by atomic mass is 10.0. The first-order valence-electron chi connectivity index (χ1n) is 14.4. The number of nitrogens with zero attached hydrogens (tertiary/aromatic N) is 2. The van der Waals surface area contributed by atoms with Gasteiger partial charge in [0.1, 0.15) is 18.4 Å². The van der Waals surface area contributed by atoms with Crippen LogP contribution >= 0.6 is 34.8 Å². The molecule has 2 amide bonds. The fourth-order valence-electron chi connectivity index (χ4n) is 4.70. The lowest BCUT2D eigenvalue weighted by Crippen LogP contribution is -2.53. The van der Waals surface area contributed by atoms with Crippen molar-refractivity contribution >= 4 is 62.3 Å². The number of carbonyl (C=O) groups is 2. The predicted molar refractivity (Wildman–Crippen MR) is 181 cm³/mol. The zero-order valence-electron chi connectivity index (χ0n) is 25.2. The maximum Gasteiger partial charge on any atom is 0.264 e. The first-order valence-corrected chi connectivity index (χ1v) is 17.0. The summed E-state index contributed by atoms with van der Waals surface area (Å²) in [5.74, 6) is -1.71. The van der Waals surface area contributed by atoms with Gasteiger partial charge in [0, 0.05) is 19.5 Å². The molecule has 0 saturated carbocycles. The van der Waals surface area contributed by atoms with Gasteiger partial charge in [-0.2, -0.15) is 0 Å². The Bertz CT molecular complexity index is 1780. The van der Waals surface area contributed by atoms with Crippen molar-refractivity contribution in [1.29, 1.82) is 0 Å². The molecule has 0 aromatic heterocycles. The third kappa shape index (κ3) is 9.00. The van der Waals surface area contributed by atoms with E-state index >= 15 is 0 Å². The van der Waals surface area contributed by atoms with Crippen LogP contribution in [0.25, 0.3) is 0 Å². The molecule has 0 aliphatic rings. The zero-order chi connectivity index (χ0) is 33.4. The van der Waals surface area contributed by atoms with E-state index in [9.17, 15) is 22.4 Å². The Labute approximate surface area is 283 Å². The molecule has 4 aromatic carbocycles. The monoisotopic (exact) mass is 703 g/mol. The Morgan fingerprint density at radius 2 is 1.46 bits per heavy atom. The van der Waals surface area contributed by atoms with E-state index in [1.165, 1.54) is 23.1 Å². The van der Waals surface area contributed by atoms with Crippen molar-refractivity contribution in [2.45, 2.75) is 37.8 Å². The van der Waals surface area contributed by atoms with E-state index in [0.29, 0.717) is 17.1 Å². The second kappa shape index (κ2) is 15.8. The molecular weight excluding hydrogens is 672 g/mol. The largest absolute Gasteiger partial charge is 0.354 e. The van der Waals surface area contributed by atoms with Gasteiger partial charge in [-0.15, -0.1) is 0 Å². The quantitative estimate of drug-likeness (QED) is 0.157. The molecule has 4 rings (SSSR count). The normalized spacial score (nSPS) is 12.1. The lowest BCUT2D eigenvalue weighted by molar-refractivity contribution is -0.140. The van der Waals surface area contributed by atoms with E-state index in [2.05, 4.69) is 5.32 Å². The highest BCUT2D eigenvalue weighted by atomic mass is 35.5. The van der Waals surface area contributed by atoms with E-state index in [0.717, 1.165) is 22.0 Å². The van der Waals surface area contributed by atoms with E-state index in [-0.39, 0.29) is 39.5 Å². The van der Waals surface area contributed by atoms with Crippen LogP contribution in [0.2, 0.25) is 15.1 Å². The molecule has 1 N–H and O–H groups in total. The summed E-state index contributed by atoms with van der Waals surface area (Å²) < 4.78 is 43.0. The number of hydrogen-bond donors (Lipinski definition) is 1. The number of halogens is 4. The minimum Gasteiger partial charge on any atom is -0.354 e. The van der Waals surface area contributed by atoms with E-state index in [1.807, 2.05) is 44.2 Å². The molecule has 1 atom stereocenters. The molecule has 0 heterocycles. The highest BCUT2D eigenvalue weighted by molar-refractivity contribution is 7.92. The summed E-state index contributed by atoms with van der Waals surface area (Å²) in [4.78, 5) is 29.5. The third-order valence-corrected chi connectivity index (χ3v) is 9.91. The molecule has 0 aliphatic carbocycles. The maximum atomic E-state index is 14.5. The van der Waals surface area contributed by atoms with Crippen molar-refractivity contribution in [2.24, 2.45) is 5.92 Å². The average Bonchev–Trinajstić information content (AvgIpc) is 3.04. The Morgan fingerprint density at radius 1 is 0.804 bits per heavy atom. The van der Waals surface area contributed by atoms with Gasteiger partial charge in [-0.05, 0) is 59.5 Å². The molecule has 0 aliphatic heterocycles. The number of hydrogen-bond acceptors (Lipinski definition) is 4. The summed E-state index contributed by atoms with van der Waals surface area (Å²) in [6, 6.07) is 24.0. The molecule has 242 valence electrons. The van der Waals surface area contributed by atoms with E-state index in [4.69, 9.17) is 34.8 Å². The first-order chi connectivity index (χ1) is 21.9. The number of anilines is 1. The molecule has 0 spiro atoms. The SMILES string of the molecule is CC(C)CNC(=O)[C@@H](Cc1ccccc1)N(Cc1ccc(Cl)c(Cl)c1)C(=O)CN(c1ccc(F)c(Cl)c1)S(=O)(=O)c1ccccc1. The molecule has 0 saturated heterocycles. The summed E-state index contributed by atoms with van der Waals surface area (Å²) in [5, 5.41) is 3.18. The average molecular weight is 705 g/mol. The molecule has 0 bridgehead atoms. The lowest BCUT2D eigenvalue weighted by Gasteiger charge is -2.34. The summed E-state index contributed by atoms with van der Waals surface area (Å²) in [5.41, 5.74) is 1.33. The van der Waals surface area contributed by atoms with Gasteiger partial charge in [-0.25, -0.2) is 12.8 Å². The van der Waals surface area contributed by atoms with Gasteiger partial charge in [0.15, 0.2) is 0 Å². The first kappa shape index (κ1) is 35.2. The fraction of sp³-hybridized carbons (Fsp3) is 0.235. The van der Waals surface area contributed by atoms with Crippen molar-refractivity contribution in [1.82, 2.24) is 10.2 Å². The number of nitrogens with one attached hydrogen (secondary N) is 1. The Morgan fingerprint density at radius 3 is 2.07 bits per heavy atom. The number of benzene rings is 4. The van der Waals surface area contributed by atoms with E-state index < -0.39 is 40.2 Å². The topological polar surface area (TPSA) is 86.8 Å². The molecule has 7 nitrogen and oxygen atoms in total. The minimum atomic E-state index is -4.36. The molecule has 4 aromatic rings. The molecule has 46 heavy (non-hydrogen) atoms. The van der Waals surface area contributed by atoms with Gasteiger partial charge in [-0.1, -0.05) is 103 Å². The van der Waals surface area contributed by atoms with Crippen molar-refractivity contribution < 1.29 is 22.4 Å². The van der Waals surface area contributed by atoms with Crippen LogP contribution in [0.4, 0.5) is 10.1 Å². The zero-order valence-corrected chi connectivity index (χ0v) is 28.3. The number of rotatable bonds is 13. The van der Waals surface area contributed by atoms with Crippen molar-refractivity contribution in [3.63, 3.8) is 0 Å². The van der Waals surface area contributed by atoms with E-state index in [1.54, 1.807) is 36.4 Å². The maximum absolute atomic E-state index is 14.5. The van der Waals surface area contributed by atoms with Crippen molar-refractivity contribution in [3.05, 3.63) is 129 Å². The number of sulfonamides is 1. The summed E-state index contributed by atoms with van der Waals surface area (Å²) in [7, 11) is -4.36. The Hall–Kier alpha value is -3.63. The molecule has 12 heteroatoms. The molecule has 0 fully saturated rings. The number of carbonyl (C=O) groups excluding carboxylic acids is 2. The van der Waals surface area contributed by atoms with Crippen LogP contribution in [0, 0.1) is 11.7 Å². The second-order valence-corrected chi connectivity index (χ2v) is 14.1. The highest BCUT2D eigenvalue weighted by Gasteiger charge is 2.35. The Kier molecular flexibility index (Phi) is 12.1. The Balaban J connectivity index is 1.82. The molecule has 0 unspecified atom stereocenters. The van der Waals surface area contributed by atoms with Gasteiger partial charge < -0.3 is 10.2 Å². The molecular formula is C34H33Cl3FN3O4S. The standard InChI is InChI=1S/C34H33Cl3FN3O4S/c1-23(2)20-39-34(43)32(18-24-9-5-3-6-10-24)40(21-25-13-15-28(35)29(36)17-25)33(42)22-41(26-14-16-31(38)30(37)19-26)46(44,45)27-11-7-4-8-12-27/h3-17,19,23,32H,18,20-22H2,1-2H3,(H,39,43)/t32-/m1/s1. The second-order valence-electron chi connectivity index (χ2n) is 11.0. The van der Waals surface area contributed by atoms with Crippen LogP contribution in [-0.2, 0) is 32.6 Å². The van der Waals surface area contributed by atoms with Crippen LogP contribution < -0.4 is 9.62 Å². The van der Waals surface area contributed by atoms with Gasteiger partial charge in [-0.3, -0.25) is 13.9 Å². The van der Waals surface area contributed by atoms with Gasteiger partial charge in [0.2, 0.25) is 11.8 Å².